The van der Waals surface area contributed by atoms with E-state index < -0.39 is 17.9 Å². The molecule has 0 aliphatic rings. The molecule has 1 aromatic carbocycles. The Hall–Kier alpha value is -2.19. The Bertz CT molecular complexity index is 621. The number of hydrogen-bond donors (Lipinski definition) is 4. The molecular formula is C14H18Cl2N4O4. The number of guanidine groups is 1. The van der Waals surface area contributed by atoms with Gasteiger partial charge in [-0.1, -0.05) is 23.2 Å². The summed E-state index contributed by atoms with van der Waals surface area (Å²) in [7, 11) is 0. The van der Waals surface area contributed by atoms with Gasteiger partial charge in [-0.25, -0.2) is 4.79 Å². The van der Waals surface area contributed by atoms with Crippen LogP contribution < -0.4 is 21.5 Å². The fourth-order valence-electron chi connectivity index (χ4n) is 1.73. The fourth-order valence-corrected chi connectivity index (χ4v) is 2.20. The van der Waals surface area contributed by atoms with E-state index in [0.29, 0.717) is 11.4 Å². The first-order valence-corrected chi connectivity index (χ1v) is 7.70. The Kier molecular flexibility index (Phi) is 8.14. The highest BCUT2D eigenvalue weighted by atomic mass is 35.5. The number of nitrogens with two attached hydrogens (primary N) is 2. The summed E-state index contributed by atoms with van der Waals surface area (Å²) in [6, 6.07) is 3.49. The summed E-state index contributed by atoms with van der Waals surface area (Å²) in [5, 5.41) is 12.2. The number of carboxylic acids is 1. The van der Waals surface area contributed by atoms with Crippen LogP contribution in [-0.2, 0) is 9.59 Å². The molecule has 0 aliphatic carbocycles. The number of ether oxygens (including phenoxy) is 1. The van der Waals surface area contributed by atoms with Crippen LogP contribution in [0.25, 0.3) is 0 Å². The molecule has 0 bridgehead atoms. The summed E-state index contributed by atoms with van der Waals surface area (Å²) in [4.78, 5) is 26.7. The van der Waals surface area contributed by atoms with Crippen molar-refractivity contribution >= 4 is 41.0 Å². The number of aliphatic imine (C=N–C) groups is 1. The van der Waals surface area contributed by atoms with Crippen LogP contribution in [0.2, 0.25) is 10.0 Å². The number of carbonyl (C=O) groups is 2. The maximum Gasteiger partial charge on any atom is 0.326 e. The third-order valence-electron chi connectivity index (χ3n) is 2.83. The third kappa shape index (κ3) is 7.38. The lowest BCUT2D eigenvalue weighted by Crippen LogP contribution is -2.43. The Morgan fingerprint density at radius 2 is 2.04 bits per heavy atom. The molecule has 24 heavy (non-hydrogen) atoms. The molecule has 0 heterocycles. The second-order valence-electron chi connectivity index (χ2n) is 4.77. The number of carboxylic acid groups (broad SMARTS) is 1. The summed E-state index contributed by atoms with van der Waals surface area (Å²) in [6.07, 6.45) is 0.582. The van der Waals surface area contributed by atoms with E-state index in [1.165, 1.54) is 12.1 Å². The molecule has 0 aromatic heterocycles. The number of amides is 1. The van der Waals surface area contributed by atoms with Crippen molar-refractivity contribution in [2.75, 3.05) is 13.2 Å². The zero-order valence-corrected chi connectivity index (χ0v) is 14.2. The maximum absolute atomic E-state index is 11.8. The number of nitrogens with one attached hydrogen (secondary N) is 1. The average molecular weight is 377 g/mol. The molecule has 1 atom stereocenters. The summed E-state index contributed by atoms with van der Waals surface area (Å²) in [6.45, 7) is -0.0993. The molecule has 1 amide bonds. The fraction of sp³-hybridized carbons (Fsp3) is 0.357. The monoisotopic (exact) mass is 376 g/mol. The maximum atomic E-state index is 11.8. The van der Waals surface area contributed by atoms with Gasteiger partial charge in [-0.15, -0.1) is 0 Å². The van der Waals surface area contributed by atoms with Crippen LogP contribution in [0.4, 0.5) is 0 Å². The number of benzene rings is 1. The number of hydrogen-bond acceptors (Lipinski definition) is 4. The Morgan fingerprint density at radius 3 is 2.62 bits per heavy atom. The summed E-state index contributed by atoms with van der Waals surface area (Å²) < 4.78 is 5.24. The third-order valence-corrected chi connectivity index (χ3v) is 3.36. The van der Waals surface area contributed by atoms with Gasteiger partial charge >= 0.3 is 5.97 Å². The lowest BCUT2D eigenvalue weighted by atomic mass is 10.1. The molecule has 6 N–H and O–H groups in total. The van der Waals surface area contributed by atoms with E-state index >= 15 is 0 Å². The van der Waals surface area contributed by atoms with Crippen LogP contribution in [0, 0.1) is 0 Å². The summed E-state index contributed by atoms with van der Waals surface area (Å²) >= 11 is 11.7. The standard InChI is InChI=1S/C14H18Cl2N4O4/c15-8-3-4-11(9(16)6-8)24-7-12(21)20-10(13(22)23)2-1-5-19-14(17)18/h3-4,6,10H,1-2,5,7H2,(H,20,21)(H,22,23)(H4,17,18,19)/t10-/m0/s1. The molecular weight excluding hydrogens is 359 g/mol. The van der Waals surface area contributed by atoms with Crippen molar-refractivity contribution in [3.8, 4) is 5.75 Å². The molecule has 1 rings (SSSR count). The van der Waals surface area contributed by atoms with Crippen LogP contribution >= 0.6 is 23.2 Å². The van der Waals surface area contributed by atoms with Gasteiger partial charge in [-0.05, 0) is 31.0 Å². The van der Waals surface area contributed by atoms with Crippen LogP contribution in [-0.4, -0.2) is 42.1 Å². The predicted octanol–water partition coefficient (Wildman–Crippen LogP) is 0.995. The minimum Gasteiger partial charge on any atom is -0.482 e. The minimum atomic E-state index is -1.16. The van der Waals surface area contributed by atoms with Gasteiger partial charge in [0.1, 0.15) is 11.8 Å². The van der Waals surface area contributed by atoms with E-state index in [2.05, 4.69) is 10.3 Å². The van der Waals surface area contributed by atoms with Gasteiger partial charge < -0.3 is 26.6 Å². The van der Waals surface area contributed by atoms with Crippen molar-refractivity contribution in [1.82, 2.24) is 5.32 Å². The van der Waals surface area contributed by atoms with E-state index in [1.54, 1.807) is 6.07 Å². The lowest BCUT2D eigenvalue weighted by molar-refractivity contribution is -0.142. The van der Waals surface area contributed by atoms with Gasteiger partial charge in [-0.3, -0.25) is 9.79 Å². The highest BCUT2D eigenvalue weighted by molar-refractivity contribution is 6.35. The van der Waals surface area contributed by atoms with E-state index in [4.69, 9.17) is 44.5 Å². The molecule has 0 aliphatic heterocycles. The van der Waals surface area contributed by atoms with Crippen molar-refractivity contribution in [3.05, 3.63) is 28.2 Å². The first kappa shape index (κ1) is 19.9. The van der Waals surface area contributed by atoms with Crippen molar-refractivity contribution < 1.29 is 19.4 Å². The van der Waals surface area contributed by atoms with Crippen molar-refractivity contribution in [1.29, 1.82) is 0 Å². The number of rotatable bonds is 9. The highest BCUT2D eigenvalue weighted by Crippen LogP contribution is 2.27. The van der Waals surface area contributed by atoms with Crippen LogP contribution in [0.5, 0.6) is 5.75 Å². The molecule has 8 nitrogen and oxygen atoms in total. The highest BCUT2D eigenvalue weighted by Gasteiger charge is 2.19. The SMILES string of the molecule is NC(N)=NCCC[C@H](NC(=O)COc1ccc(Cl)cc1Cl)C(=O)O. The molecule has 0 unspecified atom stereocenters. The van der Waals surface area contributed by atoms with Gasteiger partial charge in [0.2, 0.25) is 0 Å². The molecule has 10 heteroatoms. The van der Waals surface area contributed by atoms with E-state index in [1.807, 2.05) is 0 Å². The summed E-state index contributed by atoms with van der Waals surface area (Å²) in [5.74, 6) is -1.54. The smallest absolute Gasteiger partial charge is 0.326 e. The van der Waals surface area contributed by atoms with Crippen LogP contribution in [0.3, 0.4) is 0 Å². The first-order valence-electron chi connectivity index (χ1n) is 6.95. The van der Waals surface area contributed by atoms with Gasteiger partial charge in [-0.2, -0.15) is 0 Å². The van der Waals surface area contributed by atoms with Crippen LogP contribution in [0.15, 0.2) is 23.2 Å². The second-order valence-corrected chi connectivity index (χ2v) is 5.61. The Balaban J connectivity index is 2.47. The van der Waals surface area contributed by atoms with Gasteiger partial charge in [0.05, 0.1) is 5.02 Å². The topological polar surface area (TPSA) is 140 Å². The molecule has 132 valence electrons. The van der Waals surface area contributed by atoms with Crippen molar-refractivity contribution in [2.45, 2.75) is 18.9 Å². The number of carbonyl (C=O) groups excluding carboxylic acids is 1. The quantitative estimate of drug-likeness (QED) is 0.287. The van der Waals surface area contributed by atoms with Gasteiger partial charge in [0.15, 0.2) is 12.6 Å². The number of nitrogens with zero attached hydrogens (tertiary/aromatic N) is 1. The molecule has 1 aromatic rings. The first-order chi connectivity index (χ1) is 11.3. The van der Waals surface area contributed by atoms with Crippen LogP contribution in [0.1, 0.15) is 12.8 Å². The molecule has 0 spiro atoms. The second kappa shape index (κ2) is 9.84. The number of halogens is 2. The molecule has 0 radical (unpaired) electrons. The van der Waals surface area contributed by atoms with Gasteiger partial charge in [0, 0.05) is 11.6 Å². The Labute approximate surface area is 148 Å². The van der Waals surface area contributed by atoms with Gasteiger partial charge in [0.25, 0.3) is 5.91 Å². The van der Waals surface area contributed by atoms with Crippen molar-refractivity contribution in [3.63, 3.8) is 0 Å². The Morgan fingerprint density at radius 1 is 1.33 bits per heavy atom. The largest absolute Gasteiger partial charge is 0.482 e. The normalized spacial score (nSPS) is 11.4. The minimum absolute atomic E-state index is 0.0702. The average Bonchev–Trinajstić information content (AvgIpc) is 2.49. The van der Waals surface area contributed by atoms with E-state index in [0.717, 1.165) is 0 Å². The van der Waals surface area contributed by atoms with E-state index in [-0.39, 0.29) is 36.3 Å². The van der Waals surface area contributed by atoms with E-state index in [9.17, 15) is 9.59 Å². The molecule has 0 fully saturated rings. The predicted molar refractivity (Wildman–Crippen MR) is 91.4 cm³/mol. The van der Waals surface area contributed by atoms with Crippen molar-refractivity contribution in [2.24, 2.45) is 16.5 Å². The summed E-state index contributed by atoms with van der Waals surface area (Å²) in [5.41, 5.74) is 10.3. The zero-order valence-electron chi connectivity index (χ0n) is 12.7. The number of aliphatic carboxylic acids is 1. The molecule has 0 saturated carbocycles. The molecule has 0 saturated heterocycles. The lowest BCUT2D eigenvalue weighted by Gasteiger charge is -2.14. The zero-order chi connectivity index (χ0) is 18.1.